The number of hydrogen-bond donors (Lipinski definition) is 1. The van der Waals surface area contributed by atoms with E-state index in [-0.39, 0.29) is 17.2 Å². The van der Waals surface area contributed by atoms with Gasteiger partial charge in [-0.15, -0.1) is 0 Å². The summed E-state index contributed by atoms with van der Waals surface area (Å²) in [5.74, 6) is 0.457. The highest BCUT2D eigenvalue weighted by molar-refractivity contribution is 7.89. The fraction of sp³-hybridized carbons (Fsp3) is 0.350. The third-order valence-electron chi connectivity index (χ3n) is 4.63. The third-order valence-corrected chi connectivity index (χ3v) is 6.53. The standard InChI is InChI=1S/C20H24N2O4S/c1-26-19-11-10-18(27(24,25)22-13-5-6-14-22)15-16(19)9-12-20(23)21-17-7-3-2-4-8-17/h2-4,7-8,10-11,15H,5-6,9,12-14H2,1H3,(H,21,23). The zero-order chi connectivity index (χ0) is 19.3. The summed E-state index contributed by atoms with van der Waals surface area (Å²) in [5.41, 5.74) is 1.45. The number of carbonyl (C=O) groups is 1. The molecule has 1 heterocycles. The molecule has 144 valence electrons. The second-order valence-electron chi connectivity index (χ2n) is 6.50. The van der Waals surface area contributed by atoms with Crippen LogP contribution in [0.15, 0.2) is 53.4 Å². The molecule has 1 aliphatic heterocycles. The number of sulfonamides is 1. The van der Waals surface area contributed by atoms with Gasteiger partial charge in [-0.25, -0.2) is 8.42 Å². The van der Waals surface area contributed by atoms with Crippen LogP contribution in [0, 0.1) is 0 Å². The van der Waals surface area contributed by atoms with E-state index in [1.165, 1.54) is 11.4 Å². The molecule has 6 nitrogen and oxygen atoms in total. The second-order valence-corrected chi connectivity index (χ2v) is 8.44. The van der Waals surface area contributed by atoms with Crippen LogP contribution in [-0.4, -0.2) is 38.8 Å². The van der Waals surface area contributed by atoms with E-state index in [1.807, 2.05) is 30.3 Å². The Morgan fingerprint density at radius 1 is 1.11 bits per heavy atom. The van der Waals surface area contributed by atoms with Crippen molar-refractivity contribution in [2.75, 3.05) is 25.5 Å². The average molecular weight is 388 g/mol. The van der Waals surface area contributed by atoms with Gasteiger partial charge in [-0.3, -0.25) is 4.79 Å². The molecule has 7 heteroatoms. The first-order chi connectivity index (χ1) is 13.0. The summed E-state index contributed by atoms with van der Waals surface area (Å²) in [4.78, 5) is 12.5. The Bertz CT molecular complexity index is 891. The molecular formula is C20H24N2O4S. The van der Waals surface area contributed by atoms with Gasteiger partial charge in [0.25, 0.3) is 0 Å². The SMILES string of the molecule is COc1ccc(S(=O)(=O)N2CCCC2)cc1CCC(=O)Nc1ccccc1. The summed E-state index contributed by atoms with van der Waals surface area (Å²) >= 11 is 0. The molecule has 0 aromatic heterocycles. The van der Waals surface area contributed by atoms with Gasteiger partial charge in [0, 0.05) is 25.2 Å². The molecule has 0 atom stereocenters. The Labute approximate surface area is 160 Å². The Kier molecular flexibility index (Phi) is 6.13. The predicted molar refractivity (Wildman–Crippen MR) is 104 cm³/mol. The lowest BCUT2D eigenvalue weighted by atomic mass is 10.1. The van der Waals surface area contributed by atoms with Crippen molar-refractivity contribution in [1.82, 2.24) is 4.31 Å². The molecule has 1 amide bonds. The van der Waals surface area contributed by atoms with E-state index in [0.29, 0.717) is 30.8 Å². The Hall–Kier alpha value is -2.38. The van der Waals surface area contributed by atoms with Crippen LogP contribution in [0.2, 0.25) is 0 Å². The van der Waals surface area contributed by atoms with Gasteiger partial charge in [-0.2, -0.15) is 4.31 Å². The molecule has 2 aromatic carbocycles. The molecule has 1 N–H and O–H groups in total. The van der Waals surface area contributed by atoms with E-state index in [2.05, 4.69) is 5.32 Å². The molecule has 0 saturated carbocycles. The quantitative estimate of drug-likeness (QED) is 0.791. The monoisotopic (exact) mass is 388 g/mol. The van der Waals surface area contributed by atoms with Crippen molar-refractivity contribution in [1.29, 1.82) is 0 Å². The maximum Gasteiger partial charge on any atom is 0.243 e. The molecule has 0 radical (unpaired) electrons. The highest BCUT2D eigenvalue weighted by Gasteiger charge is 2.27. The molecule has 3 rings (SSSR count). The van der Waals surface area contributed by atoms with Gasteiger partial charge >= 0.3 is 0 Å². The van der Waals surface area contributed by atoms with Gasteiger partial charge in [-0.05, 0) is 55.2 Å². The van der Waals surface area contributed by atoms with Crippen LogP contribution in [0.4, 0.5) is 5.69 Å². The number of nitrogens with one attached hydrogen (secondary N) is 1. The number of para-hydroxylation sites is 1. The zero-order valence-electron chi connectivity index (χ0n) is 15.3. The summed E-state index contributed by atoms with van der Waals surface area (Å²) in [6.45, 7) is 1.12. The van der Waals surface area contributed by atoms with Gasteiger partial charge in [0.1, 0.15) is 5.75 Å². The lowest BCUT2D eigenvalue weighted by Crippen LogP contribution is -2.28. The Balaban J connectivity index is 1.73. The van der Waals surface area contributed by atoms with Crippen molar-refractivity contribution in [3.05, 3.63) is 54.1 Å². The molecular weight excluding hydrogens is 364 g/mol. The smallest absolute Gasteiger partial charge is 0.243 e. The van der Waals surface area contributed by atoms with Crippen LogP contribution in [0.5, 0.6) is 5.75 Å². The molecule has 2 aromatic rings. The molecule has 0 unspecified atom stereocenters. The van der Waals surface area contributed by atoms with Crippen molar-refractivity contribution < 1.29 is 17.9 Å². The van der Waals surface area contributed by atoms with E-state index < -0.39 is 10.0 Å². The maximum atomic E-state index is 12.8. The van der Waals surface area contributed by atoms with Gasteiger partial charge in [0.05, 0.1) is 12.0 Å². The first kappa shape index (κ1) is 19.4. The summed E-state index contributed by atoms with van der Waals surface area (Å²) in [5, 5.41) is 2.83. The minimum atomic E-state index is -3.50. The number of ether oxygens (including phenoxy) is 1. The van der Waals surface area contributed by atoms with Crippen LogP contribution in [0.3, 0.4) is 0 Å². The van der Waals surface area contributed by atoms with Crippen molar-refractivity contribution in [3.8, 4) is 5.75 Å². The lowest BCUT2D eigenvalue weighted by molar-refractivity contribution is -0.116. The van der Waals surface area contributed by atoms with Gasteiger partial charge in [0.15, 0.2) is 0 Å². The van der Waals surface area contributed by atoms with Crippen molar-refractivity contribution in [3.63, 3.8) is 0 Å². The fourth-order valence-electron chi connectivity index (χ4n) is 3.18. The van der Waals surface area contributed by atoms with E-state index in [9.17, 15) is 13.2 Å². The van der Waals surface area contributed by atoms with E-state index >= 15 is 0 Å². The zero-order valence-corrected chi connectivity index (χ0v) is 16.2. The topological polar surface area (TPSA) is 75.7 Å². The molecule has 27 heavy (non-hydrogen) atoms. The number of methoxy groups -OCH3 is 1. The van der Waals surface area contributed by atoms with Gasteiger partial charge in [0.2, 0.25) is 15.9 Å². The molecule has 0 spiro atoms. The van der Waals surface area contributed by atoms with Crippen LogP contribution in [0.25, 0.3) is 0 Å². The minimum absolute atomic E-state index is 0.129. The fourth-order valence-corrected chi connectivity index (χ4v) is 4.75. The summed E-state index contributed by atoms with van der Waals surface area (Å²) in [6.07, 6.45) is 2.41. The molecule has 1 saturated heterocycles. The number of anilines is 1. The van der Waals surface area contributed by atoms with Crippen molar-refractivity contribution in [2.24, 2.45) is 0 Å². The number of benzene rings is 2. The molecule has 1 aliphatic rings. The number of carbonyl (C=O) groups excluding carboxylic acids is 1. The number of rotatable bonds is 7. The molecule has 0 aliphatic carbocycles. The first-order valence-electron chi connectivity index (χ1n) is 9.02. The second kappa shape index (κ2) is 8.54. The highest BCUT2D eigenvalue weighted by atomic mass is 32.2. The first-order valence-corrected chi connectivity index (χ1v) is 10.5. The summed E-state index contributed by atoms with van der Waals surface area (Å²) in [7, 11) is -1.96. The van der Waals surface area contributed by atoms with E-state index in [1.54, 1.807) is 18.2 Å². The van der Waals surface area contributed by atoms with Crippen LogP contribution in [-0.2, 0) is 21.2 Å². The maximum absolute atomic E-state index is 12.8. The highest BCUT2D eigenvalue weighted by Crippen LogP contribution is 2.27. The third kappa shape index (κ3) is 4.67. The van der Waals surface area contributed by atoms with Crippen LogP contribution in [0.1, 0.15) is 24.8 Å². The van der Waals surface area contributed by atoms with E-state index in [4.69, 9.17) is 4.74 Å². The van der Waals surface area contributed by atoms with Crippen LogP contribution >= 0.6 is 0 Å². The number of hydrogen-bond acceptors (Lipinski definition) is 4. The summed E-state index contributed by atoms with van der Waals surface area (Å²) < 4.78 is 32.4. The van der Waals surface area contributed by atoms with E-state index in [0.717, 1.165) is 18.5 Å². The summed E-state index contributed by atoms with van der Waals surface area (Å²) in [6, 6.07) is 14.1. The van der Waals surface area contributed by atoms with Gasteiger partial charge in [-0.1, -0.05) is 18.2 Å². The largest absolute Gasteiger partial charge is 0.496 e. The minimum Gasteiger partial charge on any atom is -0.496 e. The number of nitrogens with zero attached hydrogens (tertiary/aromatic N) is 1. The number of aryl methyl sites for hydroxylation is 1. The average Bonchev–Trinajstić information content (AvgIpc) is 3.22. The predicted octanol–water partition coefficient (Wildman–Crippen LogP) is 3.05. The van der Waals surface area contributed by atoms with Crippen LogP contribution < -0.4 is 10.1 Å². The molecule has 0 bridgehead atoms. The lowest BCUT2D eigenvalue weighted by Gasteiger charge is -2.17. The van der Waals surface area contributed by atoms with Gasteiger partial charge < -0.3 is 10.1 Å². The number of amides is 1. The Morgan fingerprint density at radius 3 is 2.48 bits per heavy atom. The van der Waals surface area contributed by atoms with Crippen molar-refractivity contribution >= 4 is 21.6 Å². The molecule has 1 fully saturated rings. The van der Waals surface area contributed by atoms with Crippen molar-refractivity contribution in [2.45, 2.75) is 30.6 Å². The Morgan fingerprint density at radius 2 is 1.81 bits per heavy atom. The normalized spacial score (nSPS) is 14.9.